The van der Waals surface area contributed by atoms with Crippen molar-refractivity contribution in [1.82, 2.24) is 14.2 Å². The third-order valence-electron chi connectivity index (χ3n) is 2.85. The van der Waals surface area contributed by atoms with Crippen LogP contribution >= 0.6 is 0 Å². The summed E-state index contributed by atoms with van der Waals surface area (Å²) in [5, 5.41) is 0. The second kappa shape index (κ2) is 4.59. The van der Waals surface area contributed by atoms with Gasteiger partial charge in [-0.3, -0.25) is 0 Å². The summed E-state index contributed by atoms with van der Waals surface area (Å²) in [5.41, 5.74) is 5.50. The lowest BCUT2D eigenvalue weighted by atomic mass is 10.4. The lowest BCUT2D eigenvalue weighted by Gasteiger charge is -2.31. The van der Waals surface area contributed by atoms with Gasteiger partial charge in [-0.15, -0.1) is 0 Å². The Balaban J connectivity index is 2.25. The van der Waals surface area contributed by atoms with E-state index in [9.17, 15) is 8.42 Å². The van der Waals surface area contributed by atoms with Crippen LogP contribution < -0.4 is 5.73 Å². The standard InChI is InChI=1S/C10H16N4O2S/c1-13-4-6-14(7-5-13)17(15,16)9-2-3-12-10(11)8-9/h2-3,8H,4-7H2,1H3,(H2,11,12). The van der Waals surface area contributed by atoms with Crippen molar-refractivity contribution >= 4 is 15.8 Å². The molecule has 0 aliphatic carbocycles. The summed E-state index contributed by atoms with van der Waals surface area (Å²) in [4.78, 5) is 6.12. The molecule has 0 atom stereocenters. The molecule has 1 aromatic rings. The van der Waals surface area contributed by atoms with Crippen LogP contribution in [0.3, 0.4) is 0 Å². The maximum Gasteiger partial charge on any atom is 0.243 e. The van der Waals surface area contributed by atoms with Gasteiger partial charge < -0.3 is 10.6 Å². The minimum Gasteiger partial charge on any atom is -0.384 e. The summed E-state index contributed by atoms with van der Waals surface area (Å²) in [7, 11) is -1.44. The predicted octanol–water partition coefficient (Wildman–Crippen LogP) is -0.400. The number of nitrogen functional groups attached to an aromatic ring is 1. The van der Waals surface area contributed by atoms with Crippen molar-refractivity contribution in [3.05, 3.63) is 18.3 Å². The zero-order chi connectivity index (χ0) is 12.5. The summed E-state index contributed by atoms with van der Waals surface area (Å²) in [6.07, 6.45) is 1.41. The van der Waals surface area contributed by atoms with Crippen LogP contribution in [0.4, 0.5) is 5.82 Å². The average Bonchev–Trinajstić information content (AvgIpc) is 2.29. The minimum absolute atomic E-state index is 0.217. The van der Waals surface area contributed by atoms with E-state index in [2.05, 4.69) is 9.88 Å². The summed E-state index contributed by atoms with van der Waals surface area (Å²) >= 11 is 0. The molecule has 1 aromatic heterocycles. The van der Waals surface area contributed by atoms with E-state index in [-0.39, 0.29) is 10.7 Å². The van der Waals surface area contributed by atoms with Crippen molar-refractivity contribution in [2.75, 3.05) is 39.0 Å². The van der Waals surface area contributed by atoms with E-state index in [0.717, 1.165) is 13.1 Å². The molecular formula is C10H16N4O2S. The lowest BCUT2D eigenvalue weighted by molar-refractivity contribution is 0.222. The molecule has 6 nitrogen and oxygen atoms in total. The van der Waals surface area contributed by atoms with Crippen LogP contribution in [0.5, 0.6) is 0 Å². The van der Waals surface area contributed by atoms with E-state index in [1.807, 2.05) is 7.05 Å². The topological polar surface area (TPSA) is 79.5 Å². The first-order valence-electron chi connectivity index (χ1n) is 5.40. The van der Waals surface area contributed by atoms with Crippen LogP contribution in [0.15, 0.2) is 23.2 Å². The van der Waals surface area contributed by atoms with E-state index < -0.39 is 10.0 Å². The van der Waals surface area contributed by atoms with Crippen LogP contribution in [0, 0.1) is 0 Å². The van der Waals surface area contributed by atoms with Gasteiger partial charge >= 0.3 is 0 Å². The first-order chi connectivity index (χ1) is 8.00. The second-order valence-corrected chi connectivity index (χ2v) is 6.06. The van der Waals surface area contributed by atoms with Crippen LogP contribution in [-0.2, 0) is 10.0 Å². The van der Waals surface area contributed by atoms with E-state index >= 15 is 0 Å². The highest BCUT2D eigenvalue weighted by molar-refractivity contribution is 7.89. The molecule has 1 saturated heterocycles. The van der Waals surface area contributed by atoms with Gasteiger partial charge in [-0.25, -0.2) is 13.4 Å². The Morgan fingerprint density at radius 3 is 2.53 bits per heavy atom. The number of anilines is 1. The number of nitrogens with zero attached hydrogens (tertiary/aromatic N) is 3. The number of hydrogen-bond acceptors (Lipinski definition) is 5. The second-order valence-electron chi connectivity index (χ2n) is 4.12. The Morgan fingerprint density at radius 2 is 1.94 bits per heavy atom. The number of nitrogens with two attached hydrogens (primary N) is 1. The number of hydrogen-bond donors (Lipinski definition) is 1. The Bertz CT molecular complexity index is 495. The summed E-state index contributed by atoms with van der Waals surface area (Å²) in [6, 6.07) is 2.87. The summed E-state index contributed by atoms with van der Waals surface area (Å²) < 4.78 is 26.0. The molecule has 2 heterocycles. The van der Waals surface area contributed by atoms with Gasteiger partial charge in [0.05, 0.1) is 4.90 Å². The highest BCUT2D eigenvalue weighted by atomic mass is 32.2. The normalized spacial score (nSPS) is 19.4. The van der Waals surface area contributed by atoms with Gasteiger partial charge in [0.15, 0.2) is 0 Å². The predicted molar refractivity (Wildman–Crippen MR) is 64.9 cm³/mol. The SMILES string of the molecule is CN1CCN(S(=O)(=O)c2ccnc(N)c2)CC1. The number of rotatable bonds is 2. The third kappa shape index (κ3) is 2.56. The zero-order valence-corrected chi connectivity index (χ0v) is 10.5. The molecule has 0 aromatic carbocycles. The van der Waals surface area contributed by atoms with Crippen molar-refractivity contribution in [3.63, 3.8) is 0 Å². The fourth-order valence-electron chi connectivity index (χ4n) is 1.77. The van der Waals surface area contributed by atoms with Gasteiger partial charge in [-0.2, -0.15) is 4.31 Å². The Labute approximate surface area is 101 Å². The number of pyridine rings is 1. The molecule has 0 saturated carbocycles. The Kier molecular flexibility index (Phi) is 3.32. The third-order valence-corrected chi connectivity index (χ3v) is 4.75. The number of likely N-dealkylation sites (N-methyl/N-ethyl adjacent to an activating group) is 1. The van der Waals surface area contributed by atoms with Crippen molar-refractivity contribution in [3.8, 4) is 0 Å². The van der Waals surface area contributed by atoms with E-state index in [4.69, 9.17) is 5.73 Å². The van der Waals surface area contributed by atoms with E-state index in [1.165, 1.54) is 22.6 Å². The fourth-order valence-corrected chi connectivity index (χ4v) is 3.21. The van der Waals surface area contributed by atoms with Gasteiger partial charge in [0, 0.05) is 38.4 Å². The molecule has 0 radical (unpaired) electrons. The van der Waals surface area contributed by atoms with Gasteiger partial charge in [0.25, 0.3) is 0 Å². The van der Waals surface area contributed by atoms with Gasteiger partial charge in [0.2, 0.25) is 10.0 Å². The molecule has 1 aliphatic rings. The molecule has 1 fully saturated rings. The van der Waals surface area contributed by atoms with Crippen molar-refractivity contribution < 1.29 is 8.42 Å². The van der Waals surface area contributed by atoms with Crippen molar-refractivity contribution in [1.29, 1.82) is 0 Å². The Hall–Kier alpha value is -1.18. The van der Waals surface area contributed by atoms with Crippen LogP contribution in [0.25, 0.3) is 0 Å². The van der Waals surface area contributed by atoms with Gasteiger partial charge in [-0.1, -0.05) is 0 Å². The number of aromatic nitrogens is 1. The molecule has 0 spiro atoms. The van der Waals surface area contributed by atoms with Gasteiger partial charge in [-0.05, 0) is 13.1 Å². The monoisotopic (exact) mass is 256 g/mol. The average molecular weight is 256 g/mol. The van der Waals surface area contributed by atoms with Crippen LogP contribution in [-0.4, -0.2) is 55.8 Å². The molecule has 1 aliphatic heterocycles. The van der Waals surface area contributed by atoms with Crippen LogP contribution in [0.1, 0.15) is 0 Å². The van der Waals surface area contributed by atoms with Crippen LogP contribution in [0.2, 0.25) is 0 Å². The molecular weight excluding hydrogens is 240 g/mol. The summed E-state index contributed by atoms with van der Waals surface area (Å²) in [6.45, 7) is 2.53. The lowest BCUT2D eigenvalue weighted by Crippen LogP contribution is -2.47. The molecule has 0 unspecified atom stereocenters. The van der Waals surface area contributed by atoms with Crippen molar-refractivity contribution in [2.24, 2.45) is 0 Å². The maximum atomic E-state index is 12.3. The highest BCUT2D eigenvalue weighted by Crippen LogP contribution is 2.17. The number of sulfonamides is 1. The fraction of sp³-hybridized carbons (Fsp3) is 0.500. The largest absolute Gasteiger partial charge is 0.384 e. The maximum absolute atomic E-state index is 12.3. The van der Waals surface area contributed by atoms with Crippen molar-refractivity contribution in [2.45, 2.75) is 4.90 Å². The zero-order valence-electron chi connectivity index (χ0n) is 9.70. The number of piperazine rings is 1. The molecule has 17 heavy (non-hydrogen) atoms. The van der Waals surface area contributed by atoms with E-state index in [1.54, 1.807) is 0 Å². The summed E-state index contributed by atoms with van der Waals surface area (Å²) in [5.74, 6) is 0.222. The molecule has 7 heteroatoms. The minimum atomic E-state index is -3.42. The molecule has 2 N–H and O–H groups in total. The first-order valence-corrected chi connectivity index (χ1v) is 6.84. The quantitative estimate of drug-likeness (QED) is 0.779. The molecule has 0 amide bonds. The molecule has 2 rings (SSSR count). The van der Waals surface area contributed by atoms with Gasteiger partial charge in [0.1, 0.15) is 5.82 Å². The Morgan fingerprint density at radius 1 is 1.29 bits per heavy atom. The smallest absolute Gasteiger partial charge is 0.243 e. The van der Waals surface area contributed by atoms with E-state index in [0.29, 0.717) is 13.1 Å². The highest BCUT2D eigenvalue weighted by Gasteiger charge is 2.27. The first kappa shape index (κ1) is 12.3. The molecule has 94 valence electrons. The molecule has 0 bridgehead atoms.